The van der Waals surface area contributed by atoms with Crippen LogP contribution >= 0.6 is 0 Å². The molecule has 0 atom stereocenters. The van der Waals surface area contributed by atoms with Crippen LogP contribution < -0.4 is 24.2 Å². The summed E-state index contributed by atoms with van der Waals surface area (Å²) in [6.45, 7) is 11.0. The van der Waals surface area contributed by atoms with Crippen molar-refractivity contribution in [2.24, 2.45) is 0 Å². The van der Waals surface area contributed by atoms with Crippen LogP contribution in [0.1, 0.15) is 36.8 Å². The average molecular weight is 558 g/mol. The van der Waals surface area contributed by atoms with Gasteiger partial charge < -0.3 is 24.2 Å². The normalized spacial score (nSPS) is 18.6. The van der Waals surface area contributed by atoms with Crippen molar-refractivity contribution < 1.29 is 17.4 Å². The van der Waals surface area contributed by atoms with Crippen molar-refractivity contribution in [3.63, 3.8) is 0 Å². The van der Waals surface area contributed by atoms with E-state index in [1.807, 2.05) is 0 Å². The first-order chi connectivity index (χ1) is 18.6. The standard InChI is InChI=1S/C27H39N7O4S/c1-20-16-22(17-21(2)26(20)38-39(3,36)37)28-25(35)19-31-12-14-33(15-13-31)24-18-23(32-8-4-5-9-32)29-27(30-24)34-10-6-7-11-34/h16-18H,4-15,19H2,1-3H3,(H,28,35). The minimum absolute atomic E-state index is 0.103. The van der Waals surface area contributed by atoms with Gasteiger partial charge in [-0.3, -0.25) is 9.69 Å². The van der Waals surface area contributed by atoms with Crippen LogP contribution in [0, 0.1) is 13.8 Å². The molecule has 3 aliphatic heterocycles. The molecule has 1 aromatic carbocycles. The molecule has 3 aliphatic rings. The molecule has 12 heteroatoms. The molecule has 1 amide bonds. The Morgan fingerprint density at radius 1 is 0.821 bits per heavy atom. The Bertz CT molecular complexity index is 1240. The topological polar surface area (TPSA) is 111 Å². The molecule has 212 valence electrons. The quantitative estimate of drug-likeness (QED) is 0.486. The number of aryl methyl sites for hydroxylation is 2. The number of piperazine rings is 1. The summed E-state index contributed by atoms with van der Waals surface area (Å²) in [6, 6.07) is 5.60. The molecule has 39 heavy (non-hydrogen) atoms. The predicted molar refractivity (Wildman–Crippen MR) is 154 cm³/mol. The Morgan fingerprint density at radius 3 is 1.87 bits per heavy atom. The number of hydrogen-bond acceptors (Lipinski definition) is 10. The first kappa shape index (κ1) is 27.4. The van der Waals surface area contributed by atoms with E-state index in [4.69, 9.17) is 14.2 Å². The zero-order chi connectivity index (χ0) is 27.6. The number of aromatic nitrogens is 2. The third-order valence-electron chi connectivity index (χ3n) is 7.55. The van der Waals surface area contributed by atoms with E-state index in [-0.39, 0.29) is 12.5 Å². The summed E-state index contributed by atoms with van der Waals surface area (Å²) >= 11 is 0. The lowest BCUT2D eigenvalue weighted by Crippen LogP contribution is -2.49. The number of carbonyl (C=O) groups is 1. The van der Waals surface area contributed by atoms with Gasteiger partial charge in [0.1, 0.15) is 17.4 Å². The third-order valence-corrected chi connectivity index (χ3v) is 8.02. The van der Waals surface area contributed by atoms with E-state index >= 15 is 0 Å². The molecule has 0 radical (unpaired) electrons. The number of hydrogen-bond donors (Lipinski definition) is 1. The summed E-state index contributed by atoms with van der Waals surface area (Å²) in [6.07, 6.45) is 5.80. The van der Waals surface area contributed by atoms with Crippen molar-refractivity contribution in [1.29, 1.82) is 0 Å². The number of anilines is 4. The van der Waals surface area contributed by atoms with Crippen molar-refractivity contribution in [1.82, 2.24) is 14.9 Å². The minimum atomic E-state index is -3.63. The molecule has 11 nitrogen and oxygen atoms in total. The zero-order valence-corrected chi connectivity index (χ0v) is 24.0. The molecule has 0 saturated carbocycles. The Labute approximate surface area is 231 Å². The van der Waals surface area contributed by atoms with E-state index in [9.17, 15) is 13.2 Å². The van der Waals surface area contributed by atoms with Crippen molar-refractivity contribution in [2.75, 3.05) is 85.2 Å². The second-order valence-electron chi connectivity index (χ2n) is 10.8. The fraction of sp³-hybridized carbons (Fsp3) is 0.593. The van der Waals surface area contributed by atoms with E-state index in [1.165, 1.54) is 25.7 Å². The summed E-state index contributed by atoms with van der Waals surface area (Å²) in [5, 5.41) is 2.95. The molecule has 0 bridgehead atoms. The van der Waals surface area contributed by atoms with Crippen LogP contribution in [-0.2, 0) is 14.9 Å². The van der Waals surface area contributed by atoms with E-state index in [1.54, 1.807) is 26.0 Å². The maximum Gasteiger partial charge on any atom is 0.306 e. The van der Waals surface area contributed by atoms with Gasteiger partial charge in [-0.1, -0.05) is 0 Å². The van der Waals surface area contributed by atoms with E-state index in [2.05, 4.69) is 31.0 Å². The molecule has 1 aromatic heterocycles. The fourth-order valence-electron chi connectivity index (χ4n) is 5.58. The van der Waals surface area contributed by atoms with Gasteiger partial charge in [0.25, 0.3) is 0 Å². The van der Waals surface area contributed by atoms with E-state index < -0.39 is 10.1 Å². The van der Waals surface area contributed by atoms with Gasteiger partial charge in [0.2, 0.25) is 11.9 Å². The fourth-order valence-corrected chi connectivity index (χ4v) is 6.15. The number of rotatable bonds is 8. The highest BCUT2D eigenvalue weighted by Gasteiger charge is 2.25. The van der Waals surface area contributed by atoms with Crippen molar-refractivity contribution in [2.45, 2.75) is 39.5 Å². The van der Waals surface area contributed by atoms with Gasteiger partial charge in [-0.25, -0.2) is 0 Å². The van der Waals surface area contributed by atoms with Crippen LogP contribution in [0.25, 0.3) is 0 Å². The summed E-state index contributed by atoms with van der Waals surface area (Å²) < 4.78 is 28.2. The number of amides is 1. The lowest BCUT2D eigenvalue weighted by molar-refractivity contribution is -0.117. The van der Waals surface area contributed by atoms with Crippen LogP contribution in [0.4, 0.5) is 23.3 Å². The van der Waals surface area contributed by atoms with Crippen LogP contribution in [0.5, 0.6) is 5.75 Å². The minimum Gasteiger partial charge on any atom is -0.382 e. The van der Waals surface area contributed by atoms with Crippen LogP contribution in [0.15, 0.2) is 18.2 Å². The van der Waals surface area contributed by atoms with Gasteiger partial charge in [-0.2, -0.15) is 18.4 Å². The molecule has 0 spiro atoms. The number of carbonyl (C=O) groups excluding carboxylic acids is 1. The highest BCUT2D eigenvalue weighted by molar-refractivity contribution is 7.86. The Balaban J connectivity index is 1.19. The third kappa shape index (κ3) is 6.91. The molecule has 2 aromatic rings. The average Bonchev–Trinajstić information content (AvgIpc) is 3.61. The lowest BCUT2D eigenvalue weighted by Gasteiger charge is -2.35. The molecule has 3 fully saturated rings. The van der Waals surface area contributed by atoms with E-state index in [0.29, 0.717) is 22.6 Å². The molecular formula is C27H39N7O4S. The first-order valence-electron chi connectivity index (χ1n) is 13.8. The van der Waals surface area contributed by atoms with Gasteiger partial charge in [0, 0.05) is 64.1 Å². The highest BCUT2D eigenvalue weighted by atomic mass is 32.2. The summed E-state index contributed by atoms with van der Waals surface area (Å²) in [5.74, 6) is 3.04. The molecule has 4 heterocycles. The smallest absolute Gasteiger partial charge is 0.306 e. The van der Waals surface area contributed by atoms with Crippen LogP contribution in [0.2, 0.25) is 0 Å². The second kappa shape index (κ2) is 11.5. The molecule has 5 rings (SSSR count). The lowest BCUT2D eigenvalue weighted by atomic mass is 10.1. The molecule has 0 unspecified atom stereocenters. The summed E-state index contributed by atoms with van der Waals surface area (Å²) in [4.78, 5) is 31.9. The van der Waals surface area contributed by atoms with Crippen LogP contribution in [-0.4, -0.2) is 94.4 Å². The summed E-state index contributed by atoms with van der Waals surface area (Å²) in [7, 11) is -3.63. The Morgan fingerprint density at radius 2 is 1.33 bits per heavy atom. The predicted octanol–water partition coefficient (Wildman–Crippen LogP) is 2.39. The maximum absolute atomic E-state index is 12.8. The van der Waals surface area contributed by atoms with Crippen molar-refractivity contribution in [3.8, 4) is 5.75 Å². The molecular weight excluding hydrogens is 518 g/mol. The Kier molecular flexibility index (Phi) is 8.13. The van der Waals surface area contributed by atoms with Crippen molar-refractivity contribution in [3.05, 3.63) is 29.3 Å². The number of nitrogens with one attached hydrogen (secondary N) is 1. The monoisotopic (exact) mass is 557 g/mol. The molecule has 0 aliphatic carbocycles. The van der Waals surface area contributed by atoms with Gasteiger partial charge in [0.05, 0.1) is 12.8 Å². The molecule has 3 saturated heterocycles. The molecule has 1 N–H and O–H groups in total. The SMILES string of the molecule is Cc1cc(NC(=O)CN2CCN(c3cc(N4CCCC4)nc(N4CCCC4)n3)CC2)cc(C)c1OS(C)(=O)=O. The van der Waals surface area contributed by atoms with Gasteiger partial charge in [0.15, 0.2) is 0 Å². The Hall–Kier alpha value is -3.12. The van der Waals surface area contributed by atoms with Crippen LogP contribution in [0.3, 0.4) is 0 Å². The second-order valence-corrected chi connectivity index (χ2v) is 12.4. The number of nitrogens with zero attached hydrogens (tertiary/aromatic N) is 6. The van der Waals surface area contributed by atoms with E-state index in [0.717, 1.165) is 76.2 Å². The first-order valence-corrected chi connectivity index (χ1v) is 15.6. The van der Waals surface area contributed by atoms with Crippen molar-refractivity contribution >= 4 is 39.3 Å². The highest BCUT2D eigenvalue weighted by Crippen LogP contribution is 2.29. The largest absolute Gasteiger partial charge is 0.382 e. The zero-order valence-electron chi connectivity index (χ0n) is 23.1. The van der Waals surface area contributed by atoms with Gasteiger partial charge in [-0.15, -0.1) is 0 Å². The van der Waals surface area contributed by atoms with Gasteiger partial charge >= 0.3 is 10.1 Å². The number of benzene rings is 1. The summed E-state index contributed by atoms with van der Waals surface area (Å²) in [5.41, 5.74) is 1.92. The van der Waals surface area contributed by atoms with Gasteiger partial charge in [-0.05, 0) is 62.8 Å². The maximum atomic E-state index is 12.8.